The minimum Gasteiger partial charge on any atom is -0.790 e. The van der Waals surface area contributed by atoms with Gasteiger partial charge in [0.1, 0.15) is 0 Å². The van der Waals surface area contributed by atoms with E-state index in [-0.39, 0.29) is 144 Å². The topological polar surface area (TPSA) is 72.4 Å². The molecular weight excluding hydrogens is 432 g/mol. The zero-order chi connectivity index (χ0) is 7.33. The first kappa shape index (κ1) is 20.9. The normalized spacial score (nSPS) is 9.73. The molecule has 0 saturated carbocycles. The Labute approximate surface area is 189 Å². The Morgan fingerprint density at radius 3 is 2.09 bits per heavy atom. The molecule has 0 N–H and O–H groups in total. The van der Waals surface area contributed by atoms with E-state index in [0.717, 1.165) is 0 Å². The van der Waals surface area contributed by atoms with E-state index in [1.165, 1.54) is 0 Å². The second-order valence-electron chi connectivity index (χ2n) is 1.32. The van der Waals surface area contributed by atoms with Crippen LogP contribution in [0, 0.1) is 0 Å². The molecule has 0 aliphatic rings. The van der Waals surface area contributed by atoms with Crippen LogP contribution in [0.1, 0.15) is 6.42 Å². The smallest absolute Gasteiger partial charge is 0.790 e. The largest absolute Gasteiger partial charge is 1.00 e. The monoisotopic (exact) mass is 438 g/mol. The molecule has 0 aromatic carbocycles. The van der Waals surface area contributed by atoms with Crippen molar-refractivity contribution in [2.75, 3.05) is 12.5 Å². The van der Waals surface area contributed by atoms with Crippen molar-refractivity contribution in [1.82, 2.24) is 0 Å². The van der Waals surface area contributed by atoms with Gasteiger partial charge in [-0.3, -0.25) is 0 Å². The molecule has 0 aromatic rings. The standard InChI is InChI=1S/C3H8ClO4P.2Cs/c4-2-1-3-8-9(5,6)7;;/h1-3H2,(H2,5,6,7);;/q;2*+1/p-2. The number of alkyl halides is 1. The van der Waals surface area contributed by atoms with E-state index in [0.29, 0.717) is 12.3 Å². The molecule has 0 aromatic heterocycles. The van der Waals surface area contributed by atoms with Gasteiger partial charge in [-0.05, 0) is 6.42 Å². The van der Waals surface area contributed by atoms with Crippen LogP contribution in [0.5, 0.6) is 0 Å². The molecule has 0 atom stereocenters. The molecule has 0 heterocycles. The first-order valence-electron chi connectivity index (χ1n) is 2.29. The first-order chi connectivity index (χ1) is 4.06. The summed E-state index contributed by atoms with van der Waals surface area (Å²) in [4.78, 5) is 19.4. The Kier molecular flexibility index (Phi) is 23.8. The Balaban J connectivity index is -0.000000320. The molecule has 56 valence electrons. The summed E-state index contributed by atoms with van der Waals surface area (Å²) >= 11 is 5.16. The molecule has 0 spiro atoms. The molecule has 4 nitrogen and oxygen atoms in total. The van der Waals surface area contributed by atoms with Gasteiger partial charge in [-0.15, -0.1) is 11.6 Å². The van der Waals surface area contributed by atoms with E-state index in [1.54, 1.807) is 0 Å². The summed E-state index contributed by atoms with van der Waals surface area (Å²) in [6, 6.07) is 0. The van der Waals surface area contributed by atoms with Crippen molar-refractivity contribution in [1.29, 1.82) is 0 Å². The van der Waals surface area contributed by atoms with Crippen LogP contribution in [-0.2, 0) is 9.09 Å². The van der Waals surface area contributed by atoms with Gasteiger partial charge in [-0.1, -0.05) is 0 Å². The minimum absolute atomic E-state index is 0. The van der Waals surface area contributed by atoms with Crippen molar-refractivity contribution in [3.05, 3.63) is 0 Å². The van der Waals surface area contributed by atoms with Crippen molar-refractivity contribution in [2.45, 2.75) is 6.42 Å². The number of phosphoric ester groups is 1. The Hall–Kier alpha value is 4.50. The van der Waals surface area contributed by atoms with E-state index in [4.69, 9.17) is 11.6 Å². The molecular formula is C3H6ClCs2O4P. The van der Waals surface area contributed by atoms with Crippen LogP contribution in [0.2, 0.25) is 0 Å². The van der Waals surface area contributed by atoms with Gasteiger partial charge in [0.25, 0.3) is 0 Å². The van der Waals surface area contributed by atoms with Crippen LogP contribution in [0.3, 0.4) is 0 Å². The molecule has 8 heteroatoms. The van der Waals surface area contributed by atoms with E-state index < -0.39 is 7.82 Å². The summed E-state index contributed by atoms with van der Waals surface area (Å²) < 4.78 is 13.5. The molecule has 0 radical (unpaired) electrons. The van der Waals surface area contributed by atoms with Crippen molar-refractivity contribution < 1.29 is 157 Å². The van der Waals surface area contributed by atoms with Crippen molar-refractivity contribution in [3.63, 3.8) is 0 Å². The number of hydrogen-bond acceptors (Lipinski definition) is 4. The predicted molar refractivity (Wildman–Crippen MR) is 28.9 cm³/mol. The molecule has 0 unspecified atom stereocenters. The second-order valence-corrected chi connectivity index (χ2v) is 2.85. The van der Waals surface area contributed by atoms with Crippen molar-refractivity contribution in [3.8, 4) is 0 Å². The summed E-state index contributed by atoms with van der Waals surface area (Å²) in [6.45, 7) is -0.117. The van der Waals surface area contributed by atoms with E-state index in [1.807, 2.05) is 0 Å². The Morgan fingerprint density at radius 2 is 1.82 bits per heavy atom. The fourth-order valence-electron chi connectivity index (χ4n) is 0.231. The van der Waals surface area contributed by atoms with Crippen LogP contribution >= 0.6 is 19.4 Å². The summed E-state index contributed by atoms with van der Waals surface area (Å²) in [6.07, 6.45) is 0.371. The predicted octanol–water partition coefficient (Wildman–Crippen LogP) is -6.53. The number of halogens is 1. The fraction of sp³-hybridized carbons (Fsp3) is 1.00. The minimum atomic E-state index is -4.75. The van der Waals surface area contributed by atoms with Gasteiger partial charge in [0.15, 0.2) is 0 Å². The van der Waals surface area contributed by atoms with E-state index in [2.05, 4.69) is 4.52 Å². The average molecular weight is 438 g/mol. The molecule has 0 fully saturated rings. The van der Waals surface area contributed by atoms with Gasteiger partial charge in [0, 0.05) is 5.88 Å². The molecule has 0 amide bonds. The maximum Gasteiger partial charge on any atom is 1.00 e. The fourth-order valence-corrected chi connectivity index (χ4v) is 0.693. The SMILES string of the molecule is O=P([O-])([O-])OCCCCl.[Cs+].[Cs+]. The van der Waals surface area contributed by atoms with Gasteiger partial charge in [-0.2, -0.15) is 0 Å². The molecule has 0 aliphatic heterocycles. The molecule has 0 saturated heterocycles. The average Bonchev–Trinajstić information content (AvgIpc) is 1.63. The van der Waals surface area contributed by atoms with E-state index >= 15 is 0 Å². The number of rotatable bonds is 4. The second kappa shape index (κ2) is 12.6. The van der Waals surface area contributed by atoms with Crippen LogP contribution in [0.25, 0.3) is 0 Å². The van der Waals surface area contributed by atoms with Crippen molar-refractivity contribution >= 4 is 19.4 Å². The maximum atomic E-state index is 9.71. The summed E-state index contributed by atoms with van der Waals surface area (Å²) in [5.41, 5.74) is 0. The third kappa shape index (κ3) is 20.6. The number of hydrogen-bond donors (Lipinski definition) is 0. The van der Waals surface area contributed by atoms with Gasteiger partial charge in [0.05, 0.1) is 14.4 Å². The van der Waals surface area contributed by atoms with Gasteiger partial charge in [-0.25, -0.2) is 0 Å². The summed E-state index contributed by atoms with van der Waals surface area (Å²) in [7, 11) is -4.75. The maximum absolute atomic E-state index is 9.71. The number of phosphoric acid groups is 1. The Bertz CT molecular complexity index is 118. The van der Waals surface area contributed by atoms with E-state index in [9.17, 15) is 14.4 Å². The van der Waals surface area contributed by atoms with Gasteiger partial charge < -0.3 is 18.9 Å². The molecule has 11 heavy (non-hydrogen) atoms. The molecule has 0 rings (SSSR count). The van der Waals surface area contributed by atoms with Crippen LogP contribution in [-0.4, -0.2) is 12.5 Å². The summed E-state index contributed by atoms with van der Waals surface area (Å²) in [5, 5.41) is 0. The van der Waals surface area contributed by atoms with Gasteiger partial charge >= 0.3 is 138 Å². The quantitative estimate of drug-likeness (QED) is 0.249. The zero-order valence-electron chi connectivity index (χ0n) is 6.58. The molecule has 0 bridgehead atoms. The third-order valence-corrected chi connectivity index (χ3v) is 1.29. The van der Waals surface area contributed by atoms with Crippen LogP contribution in [0.15, 0.2) is 0 Å². The molecule has 0 aliphatic carbocycles. The third-order valence-electron chi connectivity index (χ3n) is 0.527. The van der Waals surface area contributed by atoms with Crippen LogP contribution in [0.4, 0.5) is 0 Å². The van der Waals surface area contributed by atoms with Crippen molar-refractivity contribution in [2.24, 2.45) is 0 Å². The zero-order valence-corrected chi connectivity index (χ0v) is 20.8. The summed E-state index contributed by atoms with van der Waals surface area (Å²) in [5.74, 6) is 0.292. The first-order valence-corrected chi connectivity index (χ1v) is 4.28. The van der Waals surface area contributed by atoms with Gasteiger partial charge in [0.2, 0.25) is 0 Å². The van der Waals surface area contributed by atoms with Crippen LogP contribution < -0.4 is 148 Å². The Morgan fingerprint density at radius 1 is 1.36 bits per heavy atom.